The van der Waals surface area contributed by atoms with E-state index in [1.807, 2.05) is 13.0 Å². The fourth-order valence-corrected chi connectivity index (χ4v) is 3.79. The molecule has 7 nitrogen and oxygen atoms in total. The van der Waals surface area contributed by atoms with Crippen LogP contribution in [0.2, 0.25) is 0 Å². The molecule has 0 bridgehead atoms. The molecule has 2 heterocycles. The molecule has 2 aromatic heterocycles. The van der Waals surface area contributed by atoms with Gasteiger partial charge in [-0.15, -0.1) is 0 Å². The predicted octanol–water partition coefficient (Wildman–Crippen LogP) is 4.48. The van der Waals surface area contributed by atoms with E-state index in [9.17, 15) is 24.3 Å². The van der Waals surface area contributed by atoms with E-state index in [4.69, 9.17) is 0 Å². The lowest BCUT2D eigenvalue weighted by molar-refractivity contribution is 0.0698. The molecule has 1 unspecified atom stereocenters. The number of aryl methyl sites for hydroxylation is 1. The van der Waals surface area contributed by atoms with E-state index in [1.165, 1.54) is 22.8 Å². The lowest BCUT2D eigenvalue weighted by Gasteiger charge is -2.20. The third-order valence-corrected chi connectivity index (χ3v) is 5.45. The summed E-state index contributed by atoms with van der Waals surface area (Å²) in [5, 5.41) is 22.9. The molecule has 0 saturated heterocycles. The van der Waals surface area contributed by atoms with Crippen LogP contribution in [0.1, 0.15) is 34.6 Å². The van der Waals surface area contributed by atoms with Crippen LogP contribution in [0.25, 0.3) is 22.0 Å². The number of hydrogen-bond acceptors (Lipinski definition) is 5. The molecule has 33 heavy (non-hydrogen) atoms. The molecule has 0 aliphatic rings. The van der Waals surface area contributed by atoms with Crippen molar-refractivity contribution >= 4 is 22.6 Å². The number of pyridine rings is 2. The first-order chi connectivity index (χ1) is 15.8. The zero-order chi connectivity index (χ0) is 23.7. The number of benzene rings is 2. The summed E-state index contributed by atoms with van der Waals surface area (Å²) in [4.78, 5) is 28.7. The first kappa shape index (κ1) is 21.7. The number of rotatable bonds is 5. The maximum atomic E-state index is 13.4. The molecule has 4 rings (SSSR count). The van der Waals surface area contributed by atoms with Gasteiger partial charge in [0.1, 0.15) is 23.1 Å². The smallest absolute Gasteiger partial charge is 0.337 e. The summed E-state index contributed by atoms with van der Waals surface area (Å²) in [6.07, 6.45) is 1.66. The number of aromatic carboxylic acids is 1. The molecule has 2 aromatic carbocycles. The predicted molar refractivity (Wildman–Crippen MR) is 123 cm³/mol. The van der Waals surface area contributed by atoms with Crippen LogP contribution in [-0.4, -0.2) is 20.6 Å². The van der Waals surface area contributed by atoms with E-state index in [0.29, 0.717) is 27.8 Å². The standard InChI is InChI=1S/C25H19FN4O3/c1-14(28-21-6-4-3-5-17(21)25(32)33)20-13-30(2)24(31)23-19(20)11-18(22(12-27)29-23)15-7-9-16(26)10-8-15/h3-11,13-14,28H,1-2H3,(H,32,33). The van der Waals surface area contributed by atoms with Gasteiger partial charge in [-0.25, -0.2) is 14.2 Å². The summed E-state index contributed by atoms with van der Waals surface area (Å²) in [7, 11) is 1.59. The number of nitriles is 1. The molecule has 2 N–H and O–H groups in total. The SMILES string of the molecule is CC(Nc1ccccc1C(=O)O)c1cn(C)c(=O)c2nc(C#N)c(-c3ccc(F)cc3)cc12. The van der Waals surface area contributed by atoms with Gasteiger partial charge in [-0.1, -0.05) is 24.3 Å². The van der Waals surface area contributed by atoms with Gasteiger partial charge in [0, 0.05) is 29.9 Å². The number of aromatic nitrogens is 2. The van der Waals surface area contributed by atoms with Gasteiger partial charge >= 0.3 is 5.97 Å². The van der Waals surface area contributed by atoms with Crippen molar-refractivity contribution in [2.24, 2.45) is 7.05 Å². The number of halogens is 1. The van der Waals surface area contributed by atoms with Gasteiger partial charge in [-0.05, 0) is 48.4 Å². The molecule has 0 radical (unpaired) electrons. The van der Waals surface area contributed by atoms with Gasteiger partial charge in [0.05, 0.1) is 11.6 Å². The highest BCUT2D eigenvalue weighted by Gasteiger charge is 2.19. The summed E-state index contributed by atoms with van der Waals surface area (Å²) in [6.45, 7) is 1.84. The average Bonchev–Trinajstić information content (AvgIpc) is 2.81. The number of carboxylic acids is 1. The Morgan fingerprint density at radius 1 is 1.21 bits per heavy atom. The second kappa shape index (κ2) is 8.55. The minimum Gasteiger partial charge on any atom is -0.478 e. The largest absolute Gasteiger partial charge is 0.478 e. The maximum absolute atomic E-state index is 13.4. The van der Waals surface area contributed by atoms with Crippen LogP contribution in [0.3, 0.4) is 0 Å². The maximum Gasteiger partial charge on any atom is 0.337 e. The van der Waals surface area contributed by atoms with Crippen molar-refractivity contribution in [3.05, 3.63) is 93.8 Å². The van der Waals surface area contributed by atoms with Crippen LogP contribution in [0, 0.1) is 17.1 Å². The Morgan fingerprint density at radius 2 is 1.91 bits per heavy atom. The highest BCUT2D eigenvalue weighted by molar-refractivity contribution is 5.94. The molecule has 0 aliphatic carbocycles. The summed E-state index contributed by atoms with van der Waals surface area (Å²) in [5.74, 6) is -1.47. The second-order valence-corrected chi connectivity index (χ2v) is 7.62. The molecule has 0 amide bonds. The first-order valence-corrected chi connectivity index (χ1v) is 10.1. The van der Waals surface area contributed by atoms with Crippen molar-refractivity contribution in [2.75, 3.05) is 5.32 Å². The van der Waals surface area contributed by atoms with Gasteiger partial charge < -0.3 is 15.0 Å². The number of carbonyl (C=O) groups is 1. The number of nitrogens with zero attached hydrogens (tertiary/aromatic N) is 3. The van der Waals surface area contributed by atoms with Gasteiger partial charge in [0.2, 0.25) is 0 Å². The molecular formula is C25H19FN4O3. The minimum atomic E-state index is -1.06. The molecule has 164 valence electrons. The van der Waals surface area contributed by atoms with E-state index in [2.05, 4.69) is 10.3 Å². The van der Waals surface area contributed by atoms with Crippen molar-refractivity contribution in [3.63, 3.8) is 0 Å². The topological polar surface area (TPSA) is 108 Å². The van der Waals surface area contributed by atoms with E-state index < -0.39 is 17.8 Å². The van der Waals surface area contributed by atoms with Crippen LogP contribution < -0.4 is 10.9 Å². The highest BCUT2D eigenvalue weighted by Crippen LogP contribution is 2.31. The number of nitrogens with one attached hydrogen (secondary N) is 1. The quantitative estimate of drug-likeness (QED) is 0.472. The minimum absolute atomic E-state index is 0.0557. The molecule has 4 aromatic rings. The van der Waals surface area contributed by atoms with Crippen molar-refractivity contribution in [2.45, 2.75) is 13.0 Å². The Hall–Kier alpha value is -4.51. The zero-order valence-electron chi connectivity index (χ0n) is 17.8. The molecule has 0 aliphatic heterocycles. The molecule has 1 atom stereocenters. The van der Waals surface area contributed by atoms with Crippen molar-refractivity contribution < 1.29 is 14.3 Å². The van der Waals surface area contributed by atoms with Gasteiger partial charge in [-0.2, -0.15) is 5.26 Å². The third-order valence-electron chi connectivity index (χ3n) is 5.45. The Kier molecular flexibility index (Phi) is 5.63. The molecule has 0 spiro atoms. The lowest BCUT2D eigenvalue weighted by Crippen LogP contribution is -2.21. The van der Waals surface area contributed by atoms with Crippen LogP contribution in [0.5, 0.6) is 0 Å². The Balaban J connectivity index is 1.91. The summed E-state index contributed by atoms with van der Waals surface area (Å²) >= 11 is 0. The zero-order valence-corrected chi connectivity index (χ0v) is 17.8. The van der Waals surface area contributed by atoms with E-state index in [0.717, 1.165) is 0 Å². The summed E-state index contributed by atoms with van der Waals surface area (Å²) in [6, 6.07) is 15.5. The molecule has 0 fully saturated rings. The van der Waals surface area contributed by atoms with E-state index in [1.54, 1.807) is 49.6 Å². The Morgan fingerprint density at radius 3 is 2.58 bits per heavy atom. The van der Waals surface area contributed by atoms with Crippen LogP contribution in [-0.2, 0) is 7.05 Å². The van der Waals surface area contributed by atoms with E-state index >= 15 is 0 Å². The number of para-hydroxylation sites is 1. The lowest BCUT2D eigenvalue weighted by atomic mass is 9.98. The Bertz CT molecular complexity index is 1490. The van der Waals surface area contributed by atoms with Crippen LogP contribution >= 0.6 is 0 Å². The normalized spacial score (nSPS) is 11.7. The monoisotopic (exact) mass is 442 g/mol. The first-order valence-electron chi connectivity index (χ1n) is 10.1. The Labute approximate surface area is 188 Å². The average molecular weight is 442 g/mol. The highest BCUT2D eigenvalue weighted by atomic mass is 19.1. The summed E-state index contributed by atoms with van der Waals surface area (Å²) < 4.78 is 14.8. The van der Waals surface area contributed by atoms with Gasteiger partial charge in [0.15, 0.2) is 0 Å². The second-order valence-electron chi connectivity index (χ2n) is 7.62. The number of carboxylic acid groups (broad SMARTS) is 1. The molecule has 0 saturated carbocycles. The summed E-state index contributed by atoms with van der Waals surface area (Å²) in [5.41, 5.74) is 2.11. The van der Waals surface area contributed by atoms with Gasteiger partial charge in [-0.3, -0.25) is 4.79 Å². The van der Waals surface area contributed by atoms with Gasteiger partial charge in [0.25, 0.3) is 5.56 Å². The number of fused-ring (bicyclic) bond motifs is 1. The van der Waals surface area contributed by atoms with E-state index in [-0.39, 0.29) is 22.3 Å². The molecular weight excluding hydrogens is 423 g/mol. The van der Waals surface area contributed by atoms with Crippen molar-refractivity contribution in [1.82, 2.24) is 9.55 Å². The van der Waals surface area contributed by atoms with Crippen LogP contribution in [0.15, 0.2) is 65.6 Å². The third kappa shape index (κ3) is 4.04. The van der Waals surface area contributed by atoms with Crippen molar-refractivity contribution in [3.8, 4) is 17.2 Å². The van der Waals surface area contributed by atoms with Crippen molar-refractivity contribution in [1.29, 1.82) is 5.26 Å². The number of anilines is 1. The number of hydrogen-bond donors (Lipinski definition) is 2. The van der Waals surface area contributed by atoms with Crippen LogP contribution in [0.4, 0.5) is 10.1 Å². The fourth-order valence-electron chi connectivity index (χ4n) is 3.79. The molecule has 8 heteroatoms. The fraction of sp³-hybridized carbons (Fsp3) is 0.120.